The molecule has 0 amide bonds. The second-order valence-corrected chi connectivity index (χ2v) is 6.63. The second-order valence-electron chi connectivity index (χ2n) is 4.90. The summed E-state index contributed by atoms with van der Waals surface area (Å²) in [5.74, 6) is 0.871. The maximum Gasteiger partial charge on any atom is 0.230 e. The molecule has 0 radical (unpaired) electrons. The Labute approximate surface area is 119 Å². The number of hydrogen-bond acceptors (Lipinski definition) is 3. The molecule has 4 rings (SSSR count). The van der Waals surface area contributed by atoms with E-state index >= 15 is 0 Å². The van der Waals surface area contributed by atoms with Crippen LogP contribution in [0.1, 0.15) is 0 Å². The Morgan fingerprint density at radius 1 is 1.10 bits per heavy atom. The predicted octanol–water partition coefficient (Wildman–Crippen LogP) is 4.26. The van der Waals surface area contributed by atoms with E-state index in [0.29, 0.717) is 0 Å². The van der Waals surface area contributed by atoms with Crippen molar-refractivity contribution in [2.45, 2.75) is 0 Å². The summed E-state index contributed by atoms with van der Waals surface area (Å²) in [6.07, 6.45) is 2.21. The van der Waals surface area contributed by atoms with E-state index in [-0.39, 0.29) is 10.5 Å². The number of nitrogens with one attached hydrogen (secondary N) is 1. The lowest BCUT2D eigenvalue weighted by molar-refractivity contribution is 1.35. The molecule has 4 aromatic rings. The minimum Gasteiger partial charge on any atom is -0.371 e. The molecule has 0 aliphatic rings. The van der Waals surface area contributed by atoms with Crippen molar-refractivity contribution < 1.29 is 0 Å². The summed E-state index contributed by atoms with van der Waals surface area (Å²) >= 11 is 0. The molecular weight excluding hydrogens is 266 g/mol. The monoisotopic (exact) mass is 280 g/mol. The highest BCUT2D eigenvalue weighted by molar-refractivity contribution is 7.34. The van der Waals surface area contributed by atoms with E-state index in [1.165, 1.54) is 20.9 Å². The van der Waals surface area contributed by atoms with Crippen molar-refractivity contribution in [1.82, 2.24) is 9.97 Å². The van der Waals surface area contributed by atoms with Gasteiger partial charge in [-0.25, -0.2) is 4.98 Å². The number of benzene rings is 2. The largest absolute Gasteiger partial charge is 0.371 e. The molecule has 0 fully saturated rings. The predicted molar refractivity (Wildman–Crippen MR) is 87.6 cm³/mol. The highest BCUT2D eigenvalue weighted by Gasteiger charge is 2.19. The van der Waals surface area contributed by atoms with Gasteiger partial charge in [-0.1, -0.05) is 24.3 Å². The van der Waals surface area contributed by atoms with Crippen LogP contribution in [0.15, 0.2) is 41.9 Å². The zero-order valence-electron chi connectivity index (χ0n) is 11.3. The average Bonchev–Trinajstić information content (AvgIpc) is 2.87. The first-order valence-corrected chi connectivity index (χ1v) is 8.21. The summed E-state index contributed by atoms with van der Waals surface area (Å²) in [6.45, 7) is 0. The molecule has 20 heavy (non-hydrogen) atoms. The molecule has 1 atom stereocenters. The topological polar surface area (TPSA) is 37.8 Å². The fraction of sp³-hybridized carbons (Fsp3) is 0.125. The van der Waals surface area contributed by atoms with Crippen molar-refractivity contribution >= 4 is 48.2 Å². The van der Waals surface area contributed by atoms with E-state index in [4.69, 9.17) is 4.98 Å². The Balaban J connectivity index is 2.27. The van der Waals surface area contributed by atoms with Crippen molar-refractivity contribution in [3.63, 3.8) is 0 Å². The molecule has 1 N–H and O–H groups in total. The Hall–Kier alpha value is -2.20. The van der Waals surface area contributed by atoms with Crippen LogP contribution < -0.4 is 5.32 Å². The molecule has 0 saturated heterocycles. The minimum absolute atomic E-state index is 0.0512. The third-order valence-electron chi connectivity index (χ3n) is 3.68. The van der Waals surface area contributed by atoms with Crippen LogP contribution in [-0.4, -0.2) is 17.0 Å². The Kier molecular flexibility index (Phi) is 2.41. The average molecular weight is 280 g/mol. The van der Waals surface area contributed by atoms with Gasteiger partial charge in [-0.2, -0.15) is 4.98 Å². The fourth-order valence-corrected chi connectivity index (χ4v) is 4.05. The van der Waals surface area contributed by atoms with Gasteiger partial charge < -0.3 is 5.32 Å². The van der Waals surface area contributed by atoms with E-state index in [0.717, 1.165) is 16.9 Å². The number of aromatic nitrogens is 2. The normalized spacial score (nSPS) is 12.4. The lowest BCUT2D eigenvalue weighted by atomic mass is 10.1. The SMILES string of the molecule is CNc1nc2cc3ccccc3cc2c2c1nc[s+]2C. The Bertz CT molecular complexity index is 956. The molecule has 0 saturated carbocycles. The van der Waals surface area contributed by atoms with Crippen LogP contribution in [0, 0.1) is 0 Å². The van der Waals surface area contributed by atoms with Crippen molar-refractivity contribution in [3.05, 3.63) is 41.9 Å². The van der Waals surface area contributed by atoms with Gasteiger partial charge in [0, 0.05) is 17.5 Å². The lowest BCUT2D eigenvalue weighted by Crippen LogP contribution is -1.94. The first-order chi connectivity index (χ1) is 9.78. The smallest absolute Gasteiger partial charge is 0.230 e. The van der Waals surface area contributed by atoms with Crippen LogP contribution in [0.4, 0.5) is 5.82 Å². The van der Waals surface area contributed by atoms with E-state index in [1.807, 2.05) is 12.6 Å². The van der Waals surface area contributed by atoms with E-state index < -0.39 is 0 Å². The first-order valence-electron chi connectivity index (χ1n) is 6.51. The molecule has 2 heterocycles. The third kappa shape index (κ3) is 1.51. The zero-order chi connectivity index (χ0) is 13.7. The molecule has 0 bridgehead atoms. The quantitative estimate of drug-likeness (QED) is 0.418. The Morgan fingerprint density at radius 3 is 2.60 bits per heavy atom. The summed E-state index contributed by atoms with van der Waals surface area (Å²) in [4.78, 5) is 9.27. The van der Waals surface area contributed by atoms with Crippen LogP contribution >= 0.6 is 10.5 Å². The molecule has 0 spiro atoms. The van der Waals surface area contributed by atoms with Gasteiger partial charge in [-0.3, -0.25) is 0 Å². The van der Waals surface area contributed by atoms with Crippen LogP contribution in [0.2, 0.25) is 0 Å². The number of fused-ring (bicyclic) bond motifs is 4. The Morgan fingerprint density at radius 2 is 1.85 bits per heavy atom. The van der Waals surface area contributed by atoms with Gasteiger partial charge in [0.15, 0.2) is 11.3 Å². The first kappa shape index (κ1) is 11.6. The van der Waals surface area contributed by atoms with E-state index in [2.05, 4.69) is 53.0 Å². The third-order valence-corrected chi connectivity index (χ3v) is 5.16. The molecule has 3 nitrogen and oxygen atoms in total. The maximum absolute atomic E-state index is 4.73. The number of pyridine rings is 1. The molecule has 1 unspecified atom stereocenters. The van der Waals surface area contributed by atoms with Crippen molar-refractivity contribution in [2.75, 3.05) is 12.4 Å². The van der Waals surface area contributed by atoms with Crippen LogP contribution in [0.25, 0.3) is 31.9 Å². The van der Waals surface area contributed by atoms with Crippen LogP contribution in [-0.2, 0) is 6.26 Å². The van der Waals surface area contributed by atoms with E-state index in [9.17, 15) is 0 Å². The molecular formula is C16H14N3S+. The van der Waals surface area contributed by atoms with E-state index in [1.54, 1.807) is 0 Å². The summed E-state index contributed by atoms with van der Waals surface area (Å²) in [5, 5.41) is 6.87. The van der Waals surface area contributed by atoms with Gasteiger partial charge in [-0.15, -0.1) is 0 Å². The molecule has 0 aliphatic carbocycles. The summed E-state index contributed by atoms with van der Waals surface area (Å²) in [5.41, 5.74) is 4.07. The maximum atomic E-state index is 4.73. The van der Waals surface area contributed by atoms with Crippen molar-refractivity contribution in [1.29, 1.82) is 0 Å². The van der Waals surface area contributed by atoms with Gasteiger partial charge >= 0.3 is 0 Å². The summed E-state index contributed by atoms with van der Waals surface area (Å²) in [7, 11) is 1.95. The molecule has 4 heteroatoms. The summed E-state index contributed by atoms with van der Waals surface area (Å²) in [6, 6.07) is 12.8. The highest BCUT2D eigenvalue weighted by atomic mass is 32.2. The molecule has 2 aromatic heterocycles. The number of hydrogen-bond donors (Lipinski definition) is 1. The summed E-state index contributed by atoms with van der Waals surface area (Å²) < 4.78 is 1.31. The number of aryl methyl sites for hydroxylation is 1. The number of nitrogens with zero attached hydrogens (tertiary/aromatic N) is 2. The number of rotatable bonds is 1. The van der Waals surface area contributed by atoms with Gasteiger partial charge in [0.2, 0.25) is 10.2 Å². The standard InChI is InChI=1S/C16H14N3S/c1-17-16-14-15(20(2)9-18-14)12-7-10-5-3-4-6-11(10)8-13(12)19-16/h3-9H,1-2H3,(H,17,19)/q+1. The van der Waals surface area contributed by atoms with Crippen LogP contribution in [0.5, 0.6) is 0 Å². The van der Waals surface area contributed by atoms with Gasteiger partial charge in [0.1, 0.15) is 6.26 Å². The zero-order valence-corrected chi connectivity index (χ0v) is 12.2. The highest BCUT2D eigenvalue weighted by Crippen LogP contribution is 2.37. The second kappa shape index (κ2) is 4.15. The van der Waals surface area contributed by atoms with Crippen molar-refractivity contribution in [3.8, 4) is 0 Å². The van der Waals surface area contributed by atoms with Crippen molar-refractivity contribution in [2.24, 2.45) is 6.26 Å². The molecule has 2 aromatic carbocycles. The number of thiazole rings is 1. The fourth-order valence-electron chi connectivity index (χ4n) is 2.72. The minimum atomic E-state index is 0.0512. The molecule has 98 valence electrons. The van der Waals surface area contributed by atoms with Gasteiger partial charge in [0.25, 0.3) is 0 Å². The van der Waals surface area contributed by atoms with Gasteiger partial charge in [-0.05, 0) is 22.9 Å². The van der Waals surface area contributed by atoms with Gasteiger partial charge in [0.05, 0.1) is 10.9 Å². The molecule has 0 aliphatic heterocycles. The van der Waals surface area contributed by atoms with Crippen LogP contribution in [0.3, 0.4) is 0 Å². The lowest BCUT2D eigenvalue weighted by Gasteiger charge is -2.04. The number of anilines is 1.